The van der Waals surface area contributed by atoms with Crippen LogP contribution in [-0.2, 0) is 0 Å². The number of rotatable bonds is 0. The molecule has 0 saturated carbocycles. The van der Waals surface area contributed by atoms with Crippen LogP contribution in [0.2, 0.25) is 10.0 Å². The van der Waals surface area contributed by atoms with E-state index in [1.54, 1.807) is 17.8 Å². The largest absolute Gasteiger partial charge is 0.294 e. The first-order valence-corrected chi connectivity index (χ1v) is 6.48. The second-order valence-corrected chi connectivity index (χ2v) is 5.62. The van der Waals surface area contributed by atoms with E-state index in [4.69, 9.17) is 23.2 Å². The van der Waals surface area contributed by atoms with Crippen LogP contribution in [-0.4, -0.2) is 11.5 Å². The van der Waals surface area contributed by atoms with Crippen LogP contribution in [0.15, 0.2) is 15.4 Å². The van der Waals surface area contributed by atoms with E-state index < -0.39 is 0 Å². The van der Waals surface area contributed by atoms with Gasteiger partial charge in [0.15, 0.2) is 5.78 Å². The van der Waals surface area contributed by atoms with Gasteiger partial charge in [-0.2, -0.15) is 0 Å². The van der Waals surface area contributed by atoms with Gasteiger partial charge < -0.3 is 0 Å². The molecule has 0 amide bonds. The molecule has 14 heavy (non-hydrogen) atoms. The Bertz CT molecular complexity index is 420. The highest BCUT2D eigenvalue weighted by Crippen LogP contribution is 2.42. The van der Waals surface area contributed by atoms with Gasteiger partial charge >= 0.3 is 0 Å². The lowest BCUT2D eigenvalue weighted by molar-refractivity contribution is 0.0985. The van der Waals surface area contributed by atoms with Crippen molar-refractivity contribution in [1.82, 2.24) is 0 Å². The van der Waals surface area contributed by atoms with Gasteiger partial charge in [-0.1, -0.05) is 23.2 Å². The van der Waals surface area contributed by atoms with Crippen LogP contribution in [0.3, 0.4) is 0 Å². The molecule has 0 radical (unpaired) electrons. The Labute approximate surface area is 104 Å². The molecular weight excluding hydrogens is 307 g/mol. The van der Waals surface area contributed by atoms with Crippen LogP contribution in [0.25, 0.3) is 0 Å². The summed E-state index contributed by atoms with van der Waals surface area (Å²) in [5.41, 5.74) is 0.572. The summed E-state index contributed by atoms with van der Waals surface area (Å²) < 4.78 is 0.679. The molecule has 0 unspecified atom stereocenters. The quantitative estimate of drug-likeness (QED) is 0.659. The van der Waals surface area contributed by atoms with Gasteiger partial charge in [-0.15, -0.1) is 11.8 Å². The fraction of sp³-hybridized carbons (Fsp3) is 0.222. The lowest BCUT2D eigenvalue weighted by atomic mass is 10.1. The van der Waals surface area contributed by atoms with Crippen molar-refractivity contribution >= 4 is 56.7 Å². The van der Waals surface area contributed by atoms with Gasteiger partial charge in [-0.25, -0.2) is 0 Å². The van der Waals surface area contributed by atoms with E-state index in [-0.39, 0.29) is 5.78 Å². The van der Waals surface area contributed by atoms with Crippen molar-refractivity contribution in [3.8, 4) is 0 Å². The first kappa shape index (κ1) is 10.8. The van der Waals surface area contributed by atoms with Gasteiger partial charge in [-0.05, 0) is 22.0 Å². The van der Waals surface area contributed by atoms with Crippen molar-refractivity contribution in [2.45, 2.75) is 11.3 Å². The number of hydrogen-bond acceptors (Lipinski definition) is 2. The molecule has 0 spiro atoms. The lowest BCUT2D eigenvalue weighted by Crippen LogP contribution is -2.09. The smallest absolute Gasteiger partial charge is 0.166 e. The Kier molecular flexibility index (Phi) is 3.12. The molecule has 5 heteroatoms. The summed E-state index contributed by atoms with van der Waals surface area (Å²) in [7, 11) is 0. The maximum absolute atomic E-state index is 11.6. The molecule has 74 valence electrons. The number of Topliss-reactive ketones (excluding diaryl/α,β-unsaturated/α-hetero) is 1. The summed E-state index contributed by atoms with van der Waals surface area (Å²) in [6, 6.07) is 1.73. The second kappa shape index (κ2) is 4.05. The van der Waals surface area contributed by atoms with Gasteiger partial charge in [0.05, 0.1) is 15.6 Å². The average molecular weight is 312 g/mol. The fourth-order valence-electron chi connectivity index (χ4n) is 1.34. The summed E-state index contributed by atoms with van der Waals surface area (Å²) in [5.74, 6) is 0.857. The molecule has 2 rings (SSSR count). The molecule has 0 atom stereocenters. The second-order valence-electron chi connectivity index (χ2n) is 2.88. The molecule has 1 nitrogen and oxygen atoms in total. The highest BCUT2D eigenvalue weighted by Gasteiger charge is 2.24. The zero-order valence-electron chi connectivity index (χ0n) is 6.94. The van der Waals surface area contributed by atoms with Gasteiger partial charge in [0.25, 0.3) is 0 Å². The van der Waals surface area contributed by atoms with E-state index in [1.165, 1.54) is 0 Å². The van der Waals surface area contributed by atoms with Crippen molar-refractivity contribution in [1.29, 1.82) is 0 Å². The minimum absolute atomic E-state index is 0.0759. The number of ketones is 1. The Morgan fingerprint density at radius 3 is 2.86 bits per heavy atom. The first-order valence-electron chi connectivity index (χ1n) is 3.94. The number of thioether (sulfide) groups is 1. The molecule has 1 aromatic carbocycles. The molecule has 0 saturated heterocycles. The van der Waals surface area contributed by atoms with Crippen molar-refractivity contribution in [2.75, 3.05) is 5.75 Å². The minimum atomic E-state index is 0.0759. The summed E-state index contributed by atoms with van der Waals surface area (Å²) in [6.45, 7) is 0. The van der Waals surface area contributed by atoms with Crippen molar-refractivity contribution in [3.05, 3.63) is 26.1 Å². The van der Waals surface area contributed by atoms with E-state index in [0.29, 0.717) is 26.5 Å². The van der Waals surface area contributed by atoms with Crippen LogP contribution >= 0.6 is 50.9 Å². The van der Waals surface area contributed by atoms with E-state index >= 15 is 0 Å². The highest BCUT2D eigenvalue weighted by molar-refractivity contribution is 9.10. The van der Waals surface area contributed by atoms with Crippen LogP contribution in [0.1, 0.15) is 16.8 Å². The molecular formula is C9H5BrCl2OS. The molecule has 1 aromatic rings. The minimum Gasteiger partial charge on any atom is -0.294 e. The predicted octanol–water partition coefficient (Wildman–Crippen LogP) is 4.43. The topological polar surface area (TPSA) is 17.1 Å². The van der Waals surface area contributed by atoms with Gasteiger partial charge in [0, 0.05) is 21.5 Å². The van der Waals surface area contributed by atoms with Crippen LogP contribution in [0.4, 0.5) is 0 Å². The SMILES string of the molecule is O=C1CCSc2c(Cl)cc(Br)c(Cl)c21. The third kappa shape index (κ3) is 1.71. The Morgan fingerprint density at radius 1 is 1.43 bits per heavy atom. The summed E-state index contributed by atoms with van der Waals surface area (Å²) >= 11 is 16.9. The molecule has 1 aliphatic rings. The number of halogens is 3. The van der Waals surface area contributed by atoms with Gasteiger partial charge in [0.2, 0.25) is 0 Å². The van der Waals surface area contributed by atoms with Crippen LogP contribution in [0.5, 0.6) is 0 Å². The van der Waals surface area contributed by atoms with Crippen molar-refractivity contribution in [2.24, 2.45) is 0 Å². The average Bonchev–Trinajstić information content (AvgIpc) is 2.14. The predicted molar refractivity (Wildman–Crippen MR) is 63.8 cm³/mol. The van der Waals surface area contributed by atoms with Crippen molar-refractivity contribution in [3.63, 3.8) is 0 Å². The molecule has 1 heterocycles. The third-order valence-corrected chi connectivity index (χ3v) is 4.76. The molecule has 1 aliphatic heterocycles. The first-order chi connectivity index (χ1) is 6.61. The van der Waals surface area contributed by atoms with Gasteiger partial charge in [-0.3, -0.25) is 4.79 Å². The standard InChI is InChI=1S/C9H5BrCl2OS/c10-4-3-5(11)9-7(8(4)12)6(13)1-2-14-9/h3H,1-2H2. The van der Waals surface area contributed by atoms with E-state index in [1.807, 2.05) is 0 Å². The zero-order valence-corrected chi connectivity index (χ0v) is 10.9. The number of hydrogen-bond donors (Lipinski definition) is 0. The third-order valence-electron chi connectivity index (χ3n) is 1.98. The molecule has 0 bridgehead atoms. The fourth-order valence-corrected chi connectivity index (χ4v) is 3.62. The zero-order chi connectivity index (χ0) is 10.3. The summed E-state index contributed by atoms with van der Waals surface area (Å²) in [6.07, 6.45) is 0.532. The maximum atomic E-state index is 11.6. The number of benzene rings is 1. The van der Waals surface area contributed by atoms with Crippen LogP contribution in [0, 0.1) is 0 Å². The molecule has 0 aliphatic carbocycles. The van der Waals surface area contributed by atoms with E-state index in [0.717, 1.165) is 10.6 Å². The number of carbonyl (C=O) groups excluding carboxylic acids is 1. The lowest BCUT2D eigenvalue weighted by Gasteiger charge is -2.17. The summed E-state index contributed by atoms with van der Waals surface area (Å²) in [5, 5.41) is 1.07. The number of fused-ring (bicyclic) bond motifs is 1. The molecule has 0 fully saturated rings. The highest BCUT2D eigenvalue weighted by atomic mass is 79.9. The number of carbonyl (C=O) groups is 1. The Hall–Kier alpha value is 0.300. The Balaban J connectivity index is 2.73. The maximum Gasteiger partial charge on any atom is 0.166 e. The van der Waals surface area contributed by atoms with E-state index in [9.17, 15) is 4.79 Å². The summed E-state index contributed by atoms with van der Waals surface area (Å²) in [4.78, 5) is 12.4. The molecule has 0 N–H and O–H groups in total. The Morgan fingerprint density at radius 2 is 2.14 bits per heavy atom. The molecule has 0 aromatic heterocycles. The van der Waals surface area contributed by atoms with Crippen molar-refractivity contribution < 1.29 is 4.79 Å². The monoisotopic (exact) mass is 310 g/mol. The normalized spacial score (nSPS) is 15.5. The van der Waals surface area contributed by atoms with Crippen LogP contribution < -0.4 is 0 Å². The van der Waals surface area contributed by atoms with Gasteiger partial charge in [0.1, 0.15) is 0 Å². The van der Waals surface area contributed by atoms with E-state index in [2.05, 4.69) is 15.9 Å².